The zero-order chi connectivity index (χ0) is 15.1. The Labute approximate surface area is 128 Å². The summed E-state index contributed by atoms with van der Waals surface area (Å²) in [5.74, 6) is 7.42. The van der Waals surface area contributed by atoms with Gasteiger partial charge in [-0.15, -0.1) is 0 Å². The Balaban J connectivity index is 1.74. The molecule has 0 bridgehead atoms. The number of nitrogens with zero attached hydrogens (tertiary/aromatic N) is 1. The molecule has 3 nitrogen and oxygen atoms in total. The van der Waals surface area contributed by atoms with Gasteiger partial charge in [0.25, 0.3) is 0 Å². The van der Waals surface area contributed by atoms with Crippen LogP contribution in [-0.4, -0.2) is 43.9 Å². The van der Waals surface area contributed by atoms with Crippen LogP contribution < -0.4 is 5.32 Å². The molecule has 1 aliphatic carbocycles. The minimum absolute atomic E-state index is 0.202. The smallest absolute Gasteiger partial charge is 0.163 e. The van der Waals surface area contributed by atoms with Gasteiger partial charge in [-0.05, 0) is 58.4 Å². The number of ketones is 1. The topological polar surface area (TPSA) is 32.3 Å². The van der Waals surface area contributed by atoms with Crippen molar-refractivity contribution < 1.29 is 4.79 Å². The van der Waals surface area contributed by atoms with Crippen LogP contribution in [0.5, 0.6) is 0 Å². The van der Waals surface area contributed by atoms with E-state index in [4.69, 9.17) is 0 Å². The van der Waals surface area contributed by atoms with Crippen molar-refractivity contribution in [3.05, 3.63) is 23.3 Å². The molecule has 114 valence electrons. The van der Waals surface area contributed by atoms with E-state index in [0.29, 0.717) is 6.42 Å². The van der Waals surface area contributed by atoms with E-state index in [9.17, 15) is 4.79 Å². The number of carbonyl (C=O) groups is 1. The fourth-order valence-corrected chi connectivity index (χ4v) is 2.92. The summed E-state index contributed by atoms with van der Waals surface area (Å²) in [4.78, 5) is 14.1. The number of rotatable bonds is 4. The van der Waals surface area contributed by atoms with Crippen molar-refractivity contribution in [2.75, 3.05) is 33.2 Å². The van der Waals surface area contributed by atoms with Crippen molar-refractivity contribution in [1.82, 2.24) is 10.2 Å². The van der Waals surface area contributed by atoms with Gasteiger partial charge in [-0.2, -0.15) is 0 Å². The van der Waals surface area contributed by atoms with Crippen molar-refractivity contribution in [2.45, 2.75) is 32.6 Å². The van der Waals surface area contributed by atoms with Gasteiger partial charge in [0.05, 0.1) is 0 Å². The molecule has 1 N–H and O–H groups in total. The van der Waals surface area contributed by atoms with Crippen LogP contribution in [0, 0.1) is 17.8 Å². The van der Waals surface area contributed by atoms with Gasteiger partial charge in [0.1, 0.15) is 0 Å². The lowest BCUT2D eigenvalue weighted by atomic mass is 9.96. The van der Waals surface area contributed by atoms with Crippen LogP contribution in [0.15, 0.2) is 23.3 Å². The third kappa shape index (κ3) is 4.84. The standard InChI is InChI=1S/C18H26N2O/c1-15-17(7-5-8-18(15)21)6-3-4-11-20-12-9-16(10-13-20)14-19-2/h5,7,16,19H,4,8-14H2,1-2H3. The molecule has 1 aliphatic heterocycles. The molecule has 2 aliphatic rings. The van der Waals surface area contributed by atoms with Gasteiger partial charge in [-0.25, -0.2) is 0 Å². The van der Waals surface area contributed by atoms with E-state index in [-0.39, 0.29) is 5.78 Å². The predicted octanol–water partition coefficient (Wildman–Crippen LogP) is 2.16. The number of piperidine rings is 1. The quantitative estimate of drug-likeness (QED) is 0.804. The number of hydrogen-bond acceptors (Lipinski definition) is 3. The van der Waals surface area contributed by atoms with E-state index < -0.39 is 0 Å². The fourth-order valence-electron chi connectivity index (χ4n) is 2.92. The second kappa shape index (κ2) is 8.17. The van der Waals surface area contributed by atoms with Crippen LogP contribution in [0.25, 0.3) is 0 Å². The molecule has 1 heterocycles. The summed E-state index contributed by atoms with van der Waals surface area (Å²) in [6.07, 6.45) is 7.87. The van der Waals surface area contributed by atoms with Crippen molar-refractivity contribution in [1.29, 1.82) is 0 Å². The van der Waals surface area contributed by atoms with Gasteiger partial charge < -0.3 is 10.2 Å². The Kier molecular flexibility index (Phi) is 6.22. The maximum Gasteiger partial charge on any atom is 0.163 e. The number of carbonyl (C=O) groups excluding carboxylic acids is 1. The van der Waals surface area contributed by atoms with Crippen LogP contribution in [-0.2, 0) is 4.79 Å². The van der Waals surface area contributed by atoms with Crippen molar-refractivity contribution in [2.24, 2.45) is 5.92 Å². The first-order valence-electron chi connectivity index (χ1n) is 7.97. The highest BCUT2D eigenvalue weighted by molar-refractivity contribution is 5.99. The van der Waals surface area contributed by atoms with Gasteiger partial charge >= 0.3 is 0 Å². The summed E-state index contributed by atoms with van der Waals surface area (Å²) >= 11 is 0. The third-order valence-electron chi connectivity index (χ3n) is 4.39. The Bertz CT molecular complexity index is 485. The highest BCUT2D eigenvalue weighted by Crippen LogP contribution is 2.16. The number of Topliss-reactive ketones (excluding diaryl/α,β-unsaturated/α-hetero) is 1. The minimum Gasteiger partial charge on any atom is -0.319 e. The summed E-state index contributed by atoms with van der Waals surface area (Å²) < 4.78 is 0. The summed E-state index contributed by atoms with van der Waals surface area (Å²) in [5, 5.41) is 3.27. The molecular weight excluding hydrogens is 260 g/mol. The second-order valence-electron chi connectivity index (χ2n) is 5.96. The van der Waals surface area contributed by atoms with E-state index in [1.165, 1.54) is 25.9 Å². The van der Waals surface area contributed by atoms with Gasteiger partial charge in [0.2, 0.25) is 0 Å². The van der Waals surface area contributed by atoms with E-state index in [1.54, 1.807) is 0 Å². The molecule has 3 heteroatoms. The molecule has 0 aromatic heterocycles. The number of nitrogens with one attached hydrogen (secondary N) is 1. The van der Waals surface area contributed by atoms with Gasteiger partial charge in [0.15, 0.2) is 5.78 Å². The third-order valence-corrected chi connectivity index (χ3v) is 4.39. The molecule has 0 aromatic rings. The van der Waals surface area contributed by atoms with E-state index >= 15 is 0 Å². The molecule has 1 saturated heterocycles. The van der Waals surface area contributed by atoms with Gasteiger partial charge in [-0.3, -0.25) is 4.79 Å². The molecule has 0 unspecified atom stereocenters. The maximum atomic E-state index is 11.6. The molecule has 0 aromatic carbocycles. The summed E-state index contributed by atoms with van der Waals surface area (Å²) in [6.45, 7) is 6.44. The zero-order valence-corrected chi connectivity index (χ0v) is 13.2. The number of likely N-dealkylation sites (tertiary alicyclic amines) is 1. The summed E-state index contributed by atoms with van der Waals surface area (Å²) in [7, 11) is 2.03. The number of allylic oxidation sites excluding steroid dienone is 4. The highest BCUT2D eigenvalue weighted by atomic mass is 16.1. The fraction of sp³-hybridized carbons (Fsp3) is 0.611. The maximum absolute atomic E-state index is 11.6. The van der Waals surface area contributed by atoms with Crippen LogP contribution >= 0.6 is 0 Å². The molecular formula is C18H26N2O. The first-order valence-corrected chi connectivity index (χ1v) is 7.97. The second-order valence-corrected chi connectivity index (χ2v) is 5.96. The molecule has 0 atom stereocenters. The van der Waals surface area contributed by atoms with E-state index in [2.05, 4.69) is 22.1 Å². The van der Waals surface area contributed by atoms with Crippen LogP contribution in [0.3, 0.4) is 0 Å². The Morgan fingerprint density at radius 2 is 2.14 bits per heavy atom. The lowest BCUT2D eigenvalue weighted by Gasteiger charge is -2.31. The molecule has 0 radical (unpaired) electrons. The average molecular weight is 286 g/mol. The average Bonchev–Trinajstić information content (AvgIpc) is 2.50. The number of hydrogen-bond donors (Lipinski definition) is 1. The Hall–Kier alpha value is -1.37. The zero-order valence-electron chi connectivity index (χ0n) is 13.2. The molecule has 0 saturated carbocycles. The summed E-state index contributed by atoms with van der Waals surface area (Å²) in [5.41, 5.74) is 1.72. The minimum atomic E-state index is 0.202. The van der Waals surface area contributed by atoms with Gasteiger partial charge in [-0.1, -0.05) is 17.9 Å². The van der Waals surface area contributed by atoms with Crippen molar-refractivity contribution >= 4 is 5.78 Å². The first-order chi connectivity index (χ1) is 10.2. The van der Waals surface area contributed by atoms with E-state index in [1.807, 2.05) is 26.1 Å². The normalized spacial score (nSPS) is 20.6. The first kappa shape index (κ1) is 16.0. The molecule has 1 fully saturated rings. The van der Waals surface area contributed by atoms with Crippen LogP contribution in [0.4, 0.5) is 0 Å². The molecule has 2 rings (SSSR count). The van der Waals surface area contributed by atoms with Crippen LogP contribution in [0.1, 0.15) is 32.6 Å². The molecule has 0 amide bonds. The van der Waals surface area contributed by atoms with E-state index in [0.717, 1.165) is 36.6 Å². The monoisotopic (exact) mass is 286 g/mol. The van der Waals surface area contributed by atoms with Gasteiger partial charge in [0, 0.05) is 30.5 Å². The van der Waals surface area contributed by atoms with Crippen molar-refractivity contribution in [3.63, 3.8) is 0 Å². The lowest BCUT2D eigenvalue weighted by Crippen LogP contribution is -2.37. The molecule has 21 heavy (non-hydrogen) atoms. The lowest BCUT2D eigenvalue weighted by molar-refractivity contribution is -0.114. The largest absolute Gasteiger partial charge is 0.319 e. The highest BCUT2D eigenvalue weighted by Gasteiger charge is 2.17. The predicted molar refractivity (Wildman–Crippen MR) is 86.9 cm³/mol. The van der Waals surface area contributed by atoms with Crippen LogP contribution in [0.2, 0.25) is 0 Å². The SMILES string of the molecule is CNCC1CCN(CCC#CC2=C(C)C(=O)CC=C2)CC1. The Morgan fingerprint density at radius 1 is 1.38 bits per heavy atom. The van der Waals surface area contributed by atoms with Crippen molar-refractivity contribution in [3.8, 4) is 11.8 Å². The molecule has 0 spiro atoms. The Morgan fingerprint density at radius 3 is 2.86 bits per heavy atom. The summed E-state index contributed by atoms with van der Waals surface area (Å²) in [6, 6.07) is 0.